The lowest BCUT2D eigenvalue weighted by atomic mass is 10.00. The number of rotatable bonds is 4. The quantitative estimate of drug-likeness (QED) is 0.660. The number of amides is 2. The Morgan fingerprint density at radius 3 is 2.67 bits per heavy atom. The zero-order chi connectivity index (χ0) is 23.5. The Labute approximate surface area is 190 Å². The molecule has 170 valence electrons. The van der Waals surface area contributed by atoms with Gasteiger partial charge in [-0.1, -0.05) is 12.1 Å². The number of anilines is 1. The lowest BCUT2D eigenvalue weighted by Gasteiger charge is -2.35. The highest BCUT2D eigenvalue weighted by molar-refractivity contribution is 6.04. The predicted octanol–water partition coefficient (Wildman–Crippen LogP) is 3.24. The van der Waals surface area contributed by atoms with Gasteiger partial charge in [-0.2, -0.15) is 0 Å². The van der Waals surface area contributed by atoms with Gasteiger partial charge >= 0.3 is 0 Å². The SMILES string of the molecule is Cc1nc([C@@H]2CCCCN2C(=O)c2ccc(=O)n(C)c2)ncc1C(=O)Nc1ccccc1F. The summed E-state index contributed by atoms with van der Waals surface area (Å²) in [6, 6.07) is 8.47. The van der Waals surface area contributed by atoms with Gasteiger partial charge in [0.05, 0.1) is 28.6 Å². The number of carbonyl (C=O) groups is 2. The Hall–Kier alpha value is -3.88. The Morgan fingerprint density at radius 2 is 1.94 bits per heavy atom. The molecule has 1 aromatic carbocycles. The minimum Gasteiger partial charge on any atom is -0.328 e. The van der Waals surface area contributed by atoms with Crippen LogP contribution in [0.3, 0.4) is 0 Å². The van der Waals surface area contributed by atoms with Crippen LogP contribution in [0, 0.1) is 12.7 Å². The average Bonchev–Trinajstić information content (AvgIpc) is 2.81. The normalized spacial score (nSPS) is 15.8. The number of likely N-dealkylation sites (tertiary alicyclic amines) is 1. The van der Waals surface area contributed by atoms with Crippen molar-refractivity contribution in [3.63, 3.8) is 0 Å². The number of aromatic nitrogens is 3. The lowest BCUT2D eigenvalue weighted by Crippen LogP contribution is -2.39. The van der Waals surface area contributed by atoms with E-state index in [0.717, 1.165) is 12.8 Å². The number of piperidine rings is 1. The lowest BCUT2D eigenvalue weighted by molar-refractivity contribution is 0.0598. The zero-order valence-electron chi connectivity index (χ0n) is 18.4. The Morgan fingerprint density at radius 1 is 1.15 bits per heavy atom. The van der Waals surface area contributed by atoms with Crippen LogP contribution < -0.4 is 10.9 Å². The standard InChI is InChI=1S/C24H24FN5O3/c1-15-17(23(32)28-19-8-4-3-7-18(19)25)13-26-22(27-15)20-9-5-6-12-30(20)24(33)16-10-11-21(31)29(2)14-16/h3-4,7-8,10-11,13-14,20H,5-6,9,12H2,1-2H3,(H,28,32)/t20-/m0/s1. The highest BCUT2D eigenvalue weighted by Gasteiger charge is 2.31. The summed E-state index contributed by atoms with van der Waals surface area (Å²) in [6.07, 6.45) is 5.41. The molecule has 9 heteroatoms. The fourth-order valence-electron chi connectivity index (χ4n) is 3.95. The molecule has 4 rings (SSSR count). The largest absolute Gasteiger partial charge is 0.328 e. The third-order valence-corrected chi connectivity index (χ3v) is 5.76. The topological polar surface area (TPSA) is 97.2 Å². The molecule has 1 aliphatic rings. The molecule has 0 spiro atoms. The summed E-state index contributed by atoms with van der Waals surface area (Å²) in [7, 11) is 1.60. The highest BCUT2D eigenvalue weighted by atomic mass is 19.1. The van der Waals surface area contributed by atoms with E-state index in [1.54, 1.807) is 31.0 Å². The van der Waals surface area contributed by atoms with E-state index in [1.165, 1.54) is 41.2 Å². The maximum atomic E-state index is 13.9. The summed E-state index contributed by atoms with van der Waals surface area (Å²) >= 11 is 0. The fourth-order valence-corrected chi connectivity index (χ4v) is 3.95. The fraction of sp³-hybridized carbons (Fsp3) is 0.292. The predicted molar refractivity (Wildman–Crippen MR) is 120 cm³/mol. The molecule has 0 radical (unpaired) electrons. The second-order valence-electron chi connectivity index (χ2n) is 8.04. The summed E-state index contributed by atoms with van der Waals surface area (Å²) in [5.74, 6) is -0.785. The minimum absolute atomic E-state index is 0.0762. The third kappa shape index (κ3) is 4.67. The van der Waals surface area contributed by atoms with Crippen molar-refractivity contribution in [3.05, 3.63) is 87.6 Å². The first-order valence-corrected chi connectivity index (χ1v) is 10.7. The molecule has 1 fully saturated rings. The molecule has 33 heavy (non-hydrogen) atoms. The van der Waals surface area contributed by atoms with E-state index in [2.05, 4.69) is 15.3 Å². The number of hydrogen-bond acceptors (Lipinski definition) is 5. The first kappa shape index (κ1) is 22.3. The molecule has 3 aromatic rings. The molecule has 8 nitrogen and oxygen atoms in total. The van der Waals surface area contributed by atoms with E-state index in [-0.39, 0.29) is 28.8 Å². The molecule has 2 aromatic heterocycles. The molecular formula is C24H24FN5O3. The monoisotopic (exact) mass is 449 g/mol. The Balaban J connectivity index is 1.58. The van der Waals surface area contributed by atoms with Crippen molar-refractivity contribution < 1.29 is 14.0 Å². The van der Waals surface area contributed by atoms with Gasteiger partial charge in [0.25, 0.3) is 11.8 Å². The summed E-state index contributed by atoms with van der Waals surface area (Å²) in [4.78, 5) is 48.2. The van der Waals surface area contributed by atoms with E-state index in [4.69, 9.17) is 0 Å². The first-order valence-electron chi connectivity index (χ1n) is 10.7. The summed E-state index contributed by atoms with van der Waals surface area (Å²) in [6.45, 7) is 2.23. The second-order valence-corrected chi connectivity index (χ2v) is 8.04. The van der Waals surface area contributed by atoms with Crippen LogP contribution in [0.2, 0.25) is 0 Å². The van der Waals surface area contributed by atoms with E-state index >= 15 is 0 Å². The van der Waals surface area contributed by atoms with E-state index in [9.17, 15) is 18.8 Å². The van der Waals surface area contributed by atoms with Crippen LogP contribution in [0.25, 0.3) is 0 Å². The smallest absolute Gasteiger partial charge is 0.259 e. The molecule has 0 bridgehead atoms. The van der Waals surface area contributed by atoms with Gasteiger partial charge in [-0.15, -0.1) is 0 Å². The van der Waals surface area contributed by atoms with Gasteiger partial charge in [0.1, 0.15) is 5.82 Å². The Kier molecular flexibility index (Phi) is 6.30. The first-order chi connectivity index (χ1) is 15.8. The van der Waals surface area contributed by atoms with Crippen LogP contribution in [0.5, 0.6) is 0 Å². The molecule has 0 unspecified atom stereocenters. The third-order valence-electron chi connectivity index (χ3n) is 5.76. The summed E-state index contributed by atoms with van der Waals surface area (Å²) in [5, 5.41) is 2.54. The molecule has 1 saturated heterocycles. The molecule has 1 aliphatic heterocycles. The number of carbonyl (C=O) groups excluding carboxylic acids is 2. The molecule has 2 amide bonds. The molecule has 1 N–H and O–H groups in total. The molecule has 0 aliphatic carbocycles. The van der Waals surface area contributed by atoms with Gasteiger partial charge in [0, 0.05) is 32.1 Å². The summed E-state index contributed by atoms with van der Waals surface area (Å²) < 4.78 is 15.2. The zero-order valence-corrected chi connectivity index (χ0v) is 18.4. The van der Waals surface area contributed by atoms with Crippen molar-refractivity contribution in [1.82, 2.24) is 19.4 Å². The number of nitrogens with one attached hydrogen (secondary N) is 1. The van der Waals surface area contributed by atoms with Gasteiger partial charge in [-0.05, 0) is 44.4 Å². The van der Waals surface area contributed by atoms with Crippen molar-refractivity contribution in [3.8, 4) is 0 Å². The van der Waals surface area contributed by atoms with Gasteiger partial charge in [-0.3, -0.25) is 14.4 Å². The van der Waals surface area contributed by atoms with Crippen molar-refractivity contribution in [1.29, 1.82) is 0 Å². The van der Waals surface area contributed by atoms with Crippen LogP contribution >= 0.6 is 0 Å². The number of aryl methyl sites for hydroxylation is 2. The van der Waals surface area contributed by atoms with Gasteiger partial charge in [-0.25, -0.2) is 14.4 Å². The van der Waals surface area contributed by atoms with Gasteiger partial charge in [0.2, 0.25) is 5.56 Å². The number of para-hydroxylation sites is 1. The molecule has 1 atom stereocenters. The van der Waals surface area contributed by atoms with Crippen LogP contribution in [0.15, 0.2) is 53.6 Å². The van der Waals surface area contributed by atoms with Gasteiger partial charge in [0.15, 0.2) is 5.82 Å². The number of halogens is 1. The van der Waals surface area contributed by atoms with E-state index < -0.39 is 11.7 Å². The average molecular weight is 449 g/mol. The number of pyridine rings is 1. The minimum atomic E-state index is -0.532. The highest BCUT2D eigenvalue weighted by Crippen LogP contribution is 2.30. The molecule has 3 heterocycles. The maximum Gasteiger partial charge on any atom is 0.259 e. The van der Waals surface area contributed by atoms with Crippen molar-refractivity contribution >= 4 is 17.5 Å². The van der Waals surface area contributed by atoms with E-state index in [0.29, 0.717) is 30.0 Å². The maximum absolute atomic E-state index is 13.9. The van der Waals surface area contributed by atoms with Crippen molar-refractivity contribution in [2.45, 2.75) is 32.2 Å². The molecular weight excluding hydrogens is 425 g/mol. The van der Waals surface area contributed by atoms with Crippen LogP contribution in [-0.2, 0) is 7.05 Å². The number of benzene rings is 1. The number of nitrogens with zero attached hydrogens (tertiary/aromatic N) is 4. The second kappa shape index (κ2) is 9.32. The van der Waals surface area contributed by atoms with Gasteiger partial charge < -0.3 is 14.8 Å². The van der Waals surface area contributed by atoms with Crippen molar-refractivity contribution in [2.75, 3.05) is 11.9 Å². The van der Waals surface area contributed by atoms with Crippen LogP contribution in [0.4, 0.5) is 10.1 Å². The van der Waals surface area contributed by atoms with Crippen molar-refractivity contribution in [2.24, 2.45) is 7.05 Å². The number of hydrogen-bond donors (Lipinski definition) is 1. The van der Waals surface area contributed by atoms with Crippen LogP contribution in [0.1, 0.15) is 57.5 Å². The Bertz CT molecular complexity index is 1270. The summed E-state index contributed by atoms with van der Waals surface area (Å²) in [5.41, 5.74) is 0.974. The van der Waals surface area contributed by atoms with E-state index in [1.807, 2.05) is 0 Å². The van der Waals surface area contributed by atoms with Crippen LogP contribution in [-0.4, -0.2) is 37.8 Å². The molecule has 0 saturated carbocycles.